The third-order valence-electron chi connectivity index (χ3n) is 6.01. The van der Waals surface area contributed by atoms with E-state index in [1.165, 1.54) is 51.4 Å². The maximum atomic E-state index is 11.6. The predicted octanol–water partition coefficient (Wildman–Crippen LogP) is 7.45. The summed E-state index contributed by atoms with van der Waals surface area (Å²) in [5, 5.41) is 9.26. The highest BCUT2D eigenvalue weighted by Gasteiger charge is 2.21. The lowest BCUT2D eigenvalue weighted by molar-refractivity contribution is 0.148. The van der Waals surface area contributed by atoms with E-state index < -0.39 is 15.4 Å². The topological polar surface area (TPSA) is 74.6 Å². The Morgan fingerprint density at radius 1 is 0.552 bits per heavy atom. The van der Waals surface area contributed by atoms with Gasteiger partial charge < -0.3 is 5.11 Å². The Balaban J connectivity index is 3.67. The highest BCUT2D eigenvalue weighted by atomic mass is 32.2. The summed E-state index contributed by atoms with van der Waals surface area (Å²) in [5.41, 5.74) is 0. The Hall–Kier alpha value is -0.130. The van der Waals surface area contributed by atoms with Crippen molar-refractivity contribution in [2.75, 3.05) is 0 Å². The smallest absolute Gasteiger partial charge is 0.267 e. The lowest BCUT2D eigenvalue weighted by Gasteiger charge is -2.14. The van der Waals surface area contributed by atoms with Crippen molar-refractivity contribution < 1.29 is 18.1 Å². The van der Waals surface area contributed by atoms with Gasteiger partial charge in [-0.05, 0) is 25.7 Å². The van der Waals surface area contributed by atoms with Crippen LogP contribution >= 0.6 is 0 Å². The van der Waals surface area contributed by atoms with Crippen molar-refractivity contribution in [2.45, 2.75) is 154 Å². The van der Waals surface area contributed by atoms with Gasteiger partial charge in [-0.15, -0.1) is 0 Å². The highest BCUT2D eigenvalue weighted by molar-refractivity contribution is 7.86. The van der Waals surface area contributed by atoms with Crippen LogP contribution in [0.2, 0.25) is 0 Å². The summed E-state index contributed by atoms with van der Waals surface area (Å²) in [7, 11) is -3.91. The van der Waals surface area contributed by atoms with Gasteiger partial charge in [0.1, 0.15) is 0 Å². The summed E-state index contributed by atoms with van der Waals surface area (Å²) < 4.78 is 32.8. The molecular weight excluding hydrogens is 384 g/mol. The Morgan fingerprint density at radius 3 is 1.31 bits per heavy atom. The standard InChI is InChI=1S/C24H50O4S/c1-3-5-7-8-10-14-17-21-24(29(26,27)28)22-18-15-12-9-11-13-16-20-23(25)19-6-4-2/h23-25H,3-22H2,1-2H3,(H,26,27,28). The van der Waals surface area contributed by atoms with Gasteiger partial charge in [0.05, 0.1) is 11.4 Å². The van der Waals surface area contributed by atoms with Crippen LogP contribution in [0.3, 0.4) is 0 Å². The average Bonchev–Trinajstić information content (AvgIpc) is 2.67. The number of unbranched alkanes of at least 4 members (excludes halogenated alkanes) is 13. The Bertz CT molecular complexity index is 436. The number of aliphatic hydroxyl groups excluding tert-OH is 1. The fourth-order valence-corrected chi connectivity index (χ4v) is 4.92. The second kappa shape index (κ2) is 19.8. The van der Waals surface area contributed by atoms with Crippen LogP contribution in [0.15, 0.2) is 0 Å². The van der Waals surface area contributed by atoms with Crippen LogP contribution < -0.4 is 0 Å². The second-order valence-corrected chi connectivity index (χ2v) is 10.6. The maximum Gasteiger partial charge on any atom is 0.267 e. The largest absolute Gasteiger partial charge is 0.393 e. The SMILES string of the molecule is CCCCCCCCCC(CCCCCCCCCC(O)CCCC)S(=O)(=O)O. The molecule has 0 aromatic rings. The van der Waals surface area contributed by atoms with Gasteiger partial charge in [-0.2, -0.15) is 8.42 Å². The Morgan fingerprint density at radius 2 is 0.897 bits per heavy atom. The van der Waals surface area contributed by atoms with E-state index in [0.29, 0.717) is 12.8 Å². The van der Waals surface area contributed by atoms with E-state index in [4.69, 9.17) is 0 Å². The number of hydrogen-bond acceptors (Lipinski definition) is 3. The Kier molecular flexibility index (Phi) is 19.7. The summed E-state index contributed by atoms with van der Waals surface area (Å²) in [6, 6.07) is 0. The highest BCUT2D eigenvalue weighted by Crippen LogP contribution is 2.19. The summed E-state index contributed by atoms with van der Waals surface area (Å²) in [5.74, 6) is 0. The van der Waals surface area contributed by atoms with E-state index in [2.05, 4.69) is 13.8 Å². The van der Waals surface area contributed by atoms with Gasteiger partial charge in [0.2, 0.25) is 0 Å². The molecule has 0 aliphatic heterocycles. The van der Waals surface area contributed by atoms with E-state index >= 15 is 0 Å². The first-order valence-corrected chi connectivity index (χ1v) is 14.1. The monoisotopic (exact) mass is 434 g/mol. The van der Waals surface area contributed by atoms with Crippen LogP contribution in [0.1, 0.15) is 142 Å². The molecule has 0 heterocycles. The summed E-state index contributed by atoms with van der Waals surface area (Å²) >= 11 is 0. The summed E-state index contributed by atoms with van der Waals surface area (Å²) in [4.78, 5) is 0. The van der Waals surface area contributed by atoms with E-state index in [0.717, 1.165) is 64.2 Å². The number of aliphatic hydroxyl groups is 1. The quantitative estimate of drug-likeness (QED) is 0.137. The molecule has 2 unspecified atom stereocenters. The molecule has 0 aromatic heterocycles. The first kappa shape index (κ1) is 28.9. The van der Waals surface area contributed by atoms with Crippen molar-refractivity contribution >= 4 is 10.1 Å². The molecule has 0 fully saturated rings. The minimum atomic E-state index is -3.91. The van der Waals surface area contributed by atoms with Gasteiger partial charge in [0, 0.05) is 0 Å². The van der Waals surface area contributed by atoms with E-state index in [1.807, 2.05) is 0 Å². The van der Waals surface area contributed by atoms with Gasteiger partial charge in [-0.3, -0.25) is 4.55 Å². The van der Waals surface area contributed by atoms with Crippen molar-refractivity contribution in [2.24, 2.45) is 0 Å². The third-order valence-corrected chi connectivity index (χ3v) is 7.32. The summed E-state index contributed by atoms with van der Waals surface area (Å²) in [6.07, 6.45) is 21.1. The molecule has 0 rings (SSSR count). The van der Waals surface area contributed by atoms with E-state index in [1.54, 1.807) is 0 Å². The second-order valence-electron chi connectivity index (χ2n) is 8.90. The molecule has 0 amide bonds. The normalized spacial score (nSPS) is 14.2. The van der Waals surface area contributed by atoms with Gasteiger partial charge in [-0.25, -0.2) is 0 Å². The van der Waals surface area contributed by atoms with Crippen molar-refractivity contribution in [3.05, 3.63) is 0 Å². The molecule has 0 radical (unpaired) electrons. The van der Waals surface area contributed by atoms with Gasteiger partial charge in [0.15, 0.2) is 0 Å². The molecule has 0 saturated carbocycles. The third kappa shape index (κ3) is 19.6. The van der Waals surface area contributed by atoms with Gasteiger partial charge in [-0.1, -0.05) is 117 Å². The summed E-state index contributed by atoms with van der Waals surface area (Å²) in [6.45, 7) is 4.36. The molecule has 29 heavy (non-hydrogen) atoms. The molecule has 4 nitrogen and oxygen atoms in total. The van der Waals surface area contributed by atoms with Crippen molar-refractivity contribution in [1.29, 1.82) is 0 Å². The maximum absolute atomic E-state index is 11.6. The molecule has 0 spiro atoms. The zero-order valence-corrected chi connectivity index (χ0v) is 20.2. The predicted molar refractivity (Wildman–Crippen MR) is 125 cm³/mol. The van der Waals surface area contributed by atoms with Crippen LogP contribution in [0.5, 0.6) is 0 Å². The molecular formula is C24H50O4S. The van der Waals surface area contributed by atoms with Crippen LogP contribution in [0, 0.1) is 0 Å². The van der Waals surface area contributed by atoms with E-state index in [-0.39, 0.29) is 6.10 Å². The van der Waals surface area contributed by atoms with Gasteiger partial charge in [0.25, 0.3) is 10.1 Å². The van der Waals surface area contributed by atoms with Crippen LogP contribution in [0.4, 0.5) is 0 Å². The molecule has 0 bridgehead atoms. The fraction of sp³-hybridized carbons (Fsp3) is 1.00. The zero-order chi connectivity index (χ0) is 21.8. The molecule has 2 atom stereocenters. The van der Waals surface area contributed by atoms with Crippen LogP contribution in [-0.4, -0.2) is 29.4 Å². The van der Waals surface area contributed by atoms with Crippen molar-refractivity contribution in [3.63, 3.8) is 0 Å². The molecule has 0 aliphatic carbocycles. The molecule has 2 N–H and O–H groups in total. The molecule has 0 aromatic carbocycles. The molecule has 5 heteroatoms. The minimum Gasteiger partial charge on any atom is -0.393 e. The van der Waals surface area contributed by atoms with Crippen molar-refractivity contribution in [1.82, 2.24) is 0 Å². The van der Waals surface area contributed by atoms with Crippen LogP contribution in [-0.2, 0) is 10.1 Å². The van der Waals surface area contributed by atoms with E-state index in [9.17, 15) is 18.1 Å². The fourth-order valence-electron chi connectivity index (χ4n) is 3.99. The van der Waals surface area contributed by atoms with Crippen LogP contribution in [0.25, 0.3) is 0 Å². The average molecular weight is 435 g/mol. The first-order chi connectivity index (χ1) is 13.9. The van der Waals surface area contributed by atoms with Gasteiger partial charge >= 0.3 is 0 Å². The lowest BCUT2D eigenvalue weighted by atomic mass is 10.0. The van der Waals surface area contributed by atoms with Crippen molar-refractivity contribution in [3.8, 4) is 0 Å². The molecule has 0 aliphatic rings. The number of rotatable bonds is 22. The lowest BCUT2D eigenvalue weighted by Crippen LogP contribution is -2.20. The minimum absolute atomic E-state index is 0.122. The number of hydrogen-bond donors (Lipinski definition) is 2. The first-order valence-electron chi connectivity index (χ1n) is 12.6. The zero-order valence-electron chi connectivity index (χ0n) is 19.4. The molecule has 0 saturated heterocycles. The molecule has 176 valence electrons. The Labute approximate surface area is 182 Å².